The van der Waals surface area contributed by atoms with E-state index in [1.807, 2.05) is 12.1 Å². The van der Waals surface area contributed by atoms with Crippen molar-refractivity contribution in [3.63, 3.8) is 0 Å². The Bertz CT molecular complexity index is 1070. The number of rotatable bonds is 8. The van der Waals surface area contributed by atoms with Crippen LogP contribution in [0.3, 0.4) is 0 Å². The van der Waals surface area contributed by atoms with E-state index in [9.17, 15) is 15.2 Å². The highest BCUT2D eigenvalue weighted by molar-refractivity contribution is 6.04. The second-order valence-electron chi connectivity index (χ2n) is 6.53. The molecule has 0 saturated heterocycles. The highest BCUT2D eigenvalue weighted by Gasteiger charge is 2.11. The third-order valence-corrected chi connectivity index (χ3v) is 4.49. The number of hydrogen-bond acceptors (Lipinski definition) is 7. The average Bonchev–Trinajstić information content (AvgIpc) is 2.71. The summed E-state index contributed by atoms with van der Waals surface area (Å²) in [4.78, 5) is 10.4. The normalized spacial score (nSPS) is 11.2. The Kier molecular flexibility index (Phi) is 6.36. The van der Waals surface area contributed by atoms with E-state index in [0.29, 0.717) is 28.9 Å². The molecule has 150 valence electrons. The number of nitrogens with one attached hydrogen (secondary N) is 1. The van der Waals surface area contributed by atoms with Gasteiger partial charge in [-0.3, -0.25) is 10.1 Å². The number of non-ortho nitro benzene ring substituents is 1. The van der Waals surface area contributed by atoms with Crippen molar-refractivity contribution in [2.45, 2.75) is 13.3 Å². The van der Waals surface area contributed by atoms with Gasteiger partial charge in [0.2, 0.25) is 0 Å². The number of fused-ring (bicyclic) bond motifs is 1. The van der Waals surface area contributed by atoms with Crippen LogP contribution in [-0.4, -0.2) is 30.3 Å². The zero-order valence-corrected chi connectivity index (χ0v) is 16.3. The van der Waals surface area contributed by atoms with Gasteiger partial charge >= 0.3 is 0 Å². The van der Waals surface area contributed by atoms with E-state index in [1.54, 1.807) is 38.3 Å². The van der Waals surface area contributed by atoms with Gasteiger partial charge in [-0.25, -0.2) is 0 Å². The minimum absolute atomic E-state index is 0.00782. The van der Waals surface area contributed by atoms with E-state index in [1.165, 1.54) is 12.1 Å². The molecule has 3 aromatic rings. The Morgan fingerprint density at radius 2 is 1.90 bits per heavy atom. The molecule has 0 radical (unpaired) electrons. The summed E-state index contributed by atoms with van der Waals surface area (Å²) in [5.41, 5.74) is 2.58. The molecule has 8 nitrogen and oxygen atoms in total. The van der Waals surface area contributed by atoms with E-state index >= 15 is 0 Å². The second kappa shape index (κ2) is 9.11. The smallest absolute Gasteiger partial charge is 0.269 e. The zero-order chi connectivity index (χ0) is 20.8. The minimum atomic E-state index is -0.447. The predicted octanol–water partition coefficient (Wildman–Crippen LogP) is 5.63. The van der Waals surface area contributed by atoms with Crippen molar-refractivity contribution in [1.82, 2.24) is 0 Å². The Balaban J connectivity index is 1.94. The molecule has 0 atom stereocenters. The molecule has 0 aliphatic heterocycles. The van der Waals surface area contributed by atoms with Crippen molar-refractivity contribution in [3.05, 3.63) is 64.2 Å². The van der Waals surface area contributed by atoms with Crippen molar-refractivity contribution in [1.29, 1.82) is 0 Å². The number of aryl methyl sites for hydroxylation is 1. The number of aromatic hydroxyl groups is 1. The van der Waals surface area contributed by atoms with E-state index in [0.717, 1.165) is 24.0 Å². The molecule has 0 unspecified atom stereocenters. The fourth-order valence-electron chi connectivity index (χ4n) is 3.02. The predicted molar refractivity (Wildman–Crippen MR) is 113 cm³/mol. The molecule has 0 bridgehead atoms. The Morgan fingerprint density at radius 3 is 2.62 bits per heavy atom. The number of nitrogens with zero attached hydrogens (tertiary/aromatic N) is 3. The molecular formula is C21H22N4O4. The number of phenols is 1. The third kappa shape index (κ3) is 4.67. The van der Waals surface area contributed by atoms with Gasteiger partial charge in [0.05, 0.1) is 21.7 Å². The van der Waals surface area contributed by atoms with Crippen LogP contribution in [0.2, 0.25) is 0 Å². The van der Waals surface area contributed by atoms with Crippen LogP contribution in [-0.2, 0) is 4.74 Å². The summed E-state index contributed by atoms with van der Waals surface area (Å²) < 4.78 is 5.06. The van der Waals surface area contributed by atoms with Gasteiger partial charge in [-0.2, -0.15) is 5.11 Å². The maximum Gasteiger partial charge on any atom is 0.269 e. The molecule has 0 aromatic heterocycles. The lowest BCUT2D eigenvalue weighted by molar-refractivity contribution is -0.384. The number of azo groups is 1. The van der Waals surface area contributed by atoms with Gasteiger partial charge < -0.3 is 15.2 Å². The second-order valence-corrected chi connectivity index (χ2v) is 6.53. The number of anilines is 1. The zero-order valence-electron chi connectivity index (χ0n) is 16.3. The molecule has 2 N–H and O–H groups in total. The molecule has 3 rings (SSSR count). The van der Waals surface area contributed by atoms with Crippen LogP contribution in [0.4, 0.5) is 22.7 Å². The van der Waals surface area contributed by atoms with Crippen LogP contribution in [0.25, 0.3) is 10.8 Å². The fraction of sp³-hybridized carbons (Fsp3) is 0.238. The summed E-state index contributed by atoms with van der Waals surface area (Å²) in [7, 11) is 1.67. The molecule has 0 spiro atoms. The van der Waals surface area contributed by atoms with Gasteiger partial charge in [0, 0.05) is 43.5 Å². The molecule has 0 fully saturated rings. The molecule has 0 amide bonds. The molecular weight excluding hydrogens is 372 g/mol. The molecule has 0 heterocycles. The first-order chi connectivity index (χ1) is 14.0. The number of nitro benzene ring substituents is 1. The maximum absolute atomic E-state index is 10.9. The van der Waals surface area contributed by atoms with Gasteiger partial charge in [-0.05, 0) is 43.2 Å². The van der Waals surface area contributed by atoms with Gasteiger partial charge in [0.1, 0.15) is 5.75 Å². The van der Waals surface area contributed by atoms with Crippen LogP contribution in [0, 0.1) is 17.0 Å². The summed E-state index contributed by atoms with van der Waals surface area (Å²) >= 11 is 0. The Morgan fingerprint density at radius 1 is 1.14 bits per heavy atom. The van der Waals surface area contributed by atoms with Crippen molar-refractivity contribution >= 4 is 33.5 Å². The third-order valence-electron chi connectivity index (χ3n) is 4.49. The van der Waals surface area contributed by atoms with Crippen molar-refractivity contribution < 1.29 is 14.8 Å². The summed E-state index contributed by atoms with van der Waals surface area (Å²) in [6, 6.07) is 13.4. The van der Waals surface area contributed by atoms with E-state index < -0.39 is 4.92 Å². The number of ether oxygens (including phenoxy) is 1. The standard InChI is InChI=1S/C21H22N4O4/c1-14-13-15(25(27)28)7-8-17(14)23-24-19-10-9-18(22-11-4-12-29-2)16-5-3-6-20(26)21(16)19/h3,5-10,13,22,26H,4,11-12H2,1-2H3. The van der Waals surface area contributed by atoms with Gasteiger partial charge in [0.15, 0.2) is 0 Å². The summed E-state index contributed by atoms with van der Waals surface area (Å²) in [6.45, 7) is 3.14. The van der Waals surface area contributed by atoms with Crippen LogP contribution in [0.5, 0.6) is 5.75 Å². The monoisotopic (exact) mass is 394 g/mol. The largest absolute Gasteiger partial charge is 0.507 e. The first-order valence-electron chi connectivity index (χ1n) is 9.15. The van der Waals surface area contributed by atoms with Crippen molar-refractivity contribution in [3.8, 4) is 5.75 Å². The number of hydrogen-bond donors (Lipinski definition) is 2. The highest BCUT2D eigenvalue weighted by Crippen LogP contribution is 2.38. The molecule has 8 heteroatoms. The maximum atomic E-state index is 10.9. The first-order valence-corrected chi connectivity index (χ1v) is 9.15. The highest BCUT2D eigenvalue weighted by atomic mass is 16.6. The van der Waals surface area contributed by atoms with Crippen LogP contribution >= 0.6 is 0 Å². The molecule has 0 aliphatic carbocycles. The lowest BCUT2D eigenvalue weighted by Gasteiger charge is -2.12. The molecule has 0 saturated carbocycles. The summed E-state index contributed by atoms with van der Waals surface area (Å²) in [6.07, 6.45) is 0.859. The number of benzene rings is 3. The summed E-state index contributed by atoms with van der Waals surface area (Å²) in [5.74, 6) is 0.109. The topological polar surface area (TPSA) is 109 Å². The average molecular weight is 394 g/mol. The lowest BCUT2D eigenvalue weighted by Crippen LogP contribution is -2.04. The van der Waals surface area contributed by atoms with Crippen molar-refractivity contribution in [2.24, 2.45) is 10.2 Å². The number of nitro groups is 1. The van der Waals surface area contributed by atoms with Crippen LogP contribution < -0.4 is 5.32 Å². The quantitative estimate of drug-likeness (QED) is 0.223. The van der Waals surface area contributed by atoms with E-state index in [-0.39, 0.29) is 11.4 Å². The van der Waals surface area contributed by atoms with E-state index in [4.69, 9.17) is 4.74 Å². The minimum Gasteiger partial charge on any atom is -0.507 e. The SMILES string of the molecule is COCCCNc1ccc(N=Nc2ccc([N+](=O)[O-])cc2C)c2c(O)cccc12. The molecule has 29 heavy (non-hydrogen) atoms. The van der Waals surface area contributed by atoms with Crippen LogP contribution in [0.15, 0.2) is 58.8 Å². The van der Waals surface area contributed by atoms with Gasteiger partial charge in [-0.1, -0.05) is 12.1 Å². The number of methoxy groups -OCH3 is 1. The van der Waals surface area contributed by atoms with E-state index in [2.05, 4.69) is 15.5 Å². The van der Waals surface area contributed by atoms with Crippen LogP contribution in [0.1, 0.15) is 12.0 Å². The summed E-state index contributed by atoms with van der Waals surface area (Å²) in [5, 5.41) is 34.6. The first kappa shape index (κ1) is 20.2. The van der Waals surface area contributed by atoms with Gasteiger partial charge in [0.25, 0.3) is 5.69 Å². The fourth-order valence-corrected chi connectivity index (χ4v) is 3.02. The molecule has 0 aliphatic rings. The molecule has 3 aromatic carbocycles. The number of phenolic OH excluding ortho intramolecular Hbond substituents is 1. The van der Waals surface area contributed by atoms with Crippen molar-refractivity contribution in [2.75, 3.05) is 25.6 Å². The van der Waals surface area contributed by atoms with Gasteiger partial charge in [-0.15, -0.1) is 5.11 Å². The Labute approximate surface area is 168 Å². The lowest BCUT2D eigenvalue weighted by atomic mass is 10.1. The Hall–Kier alpha value is -3.52.